The molecule has 1 unspecified atom stereocenters. The summed E-state index contributed by atoms with van der Waals surface area (Å²) in [5, 5.41) is 3.97. The van der Waals surface area contributed by atoms with E-state index >= 15 is 0 Å². The minimum atomic E-state index is -0.102. The van der Waals surface area contributed by atoms with Crippen molar-refractivity contribution < 1.29 is 9.32 Å². The van der Waals surface area contributed by atoms with Crippen molar-refractivity contribution in [2.75, 3.05) is 13.1 Å². The highest BCUT2D eigenvalue weighted by molar-refractivity contribution is 5.84. The second-order valence-electron chi connectivity index (χ2n) is 6.36. The van der Waals surface area contributed by atoms with Gasteiger partial charge in [-0.25, -0.2) is 4.98 Å². The highest BCUT2D eigenvalue weighted by Gasteiger charge is 2.38. The maximum absolute atomic E-state index is 12.8. The van der Waals surface area contributed by atoms with Gasteiger partial charge >= 0.3 is 0 Å². The molecular formula is C19H19N5O2. The molecule has 1 aliphatic heterocycles. The lowest BCUT2D eigenvalue weighted by Crippen LogP contribution is -2.50. The molecule has 7 nitrogen and oxygen atoms in total. The molecule has 0 N–H and O–H groups in total. The van der Waals surface area contributed by atoms with Crippen molar-refractivity contribution in [2.45, 2.75) is 25.2 Å². The van der Waals surface area contributed by atoms with Crippen LogP contribution >= 0.6 is 0 Å². The van der Waals surface area contributed by atoms with Crippen LogP contribution in [0.3, 0.4) is 0 Å². The van der Waals surface area contributed by atoms with Gasteiger partial charge in [0.25, 0.3) is 0 Å². The van der Waals surface area contributed by atoms with Gasteiger partial charge in [-0.1, -0.05) is 42.4 Å². The van der Waals surface area contributed by atoms with E-state index in [1.807, 2.05) is 42.2 Å². The number of carbonyl (C=O) groups excluding carboxylic acids is 1. The fraction of sp³-hybridized carbons (Fsp3) is 0.316. The molecule has 1 aromatic carbocycles. The summed E-state index contributed by atoms with van der Waals surface area (Å²) in [6, 6.07) is 9.92. The first-order chi connectivity index (χ1) is 12.8. The Hall–Kier alpha value is -3.09. The normalized spacial score (nSPS) is 15.5. The summed E-state index contributed by atoms with van der Waals surface area (Å²) in [6.07, 6.45) is 5.55. The van der Waals surface area contributed by atoms with Gasteiger partial charge in [0.15, 0.2) is 0 Å². The van der Waals surface area contributed by atoms with Crippen LogP contribution in [0.2, 0.25) is 0 Å². The Kier molecular flexibility index (Phi) is 4.43. The number of amides is 1. The third-order valence-corrected chi connectivity index (χ3v) is 4.68. The zero-order valence-corrected chi connectivity index (χ0v) is 14.4. The van der Waals surface area contributed by atoms with Crippen LogP contribution in [0.1, 0.15) is 36.6 Å². The van der Waals surface area contributed by atoms with E-state index in [1.165, 1.54) is 0 Å². The molecule has 1 saturated heterocycles. The Morgan fingerprint density at radius 2 is 2.08 bits per heavy atom. The third-order valence-electron chi connectivity index (χ3n) is 4.68. The second kappa shape index (κ2) is 7.03. The van der Waals surface area contributed by atoms with Crippen LogP contribution in [-0.2, 0) is 4.79 Å². The summed E-state index contributed by atoms with van der Waals surface area (Å²) >= 11 is 0. The molecule has 1 amide bonds. The topological polar surface area (TPSA) is 85.0 Å². The summed E-state index contributed by atoms with van der Waals surface area (Å²) < 4.78 is 5.36. The summed E-state index contributed by atoms with van der Waals surface area (Å²) in [5.41, 5.74) is 1.64. The van der Waals surface area contributed by atoms with Crippen molar-refractivity contribution in [1.82, 2.24) is 25.0 Å². The number of hydrogen-bond acceptors (Lipinski definition) is 6. The van der Waals surface area contributed by atoms with E-state index in [0.717, 1.165) is 12.0 Å². The summed E-state index contributed by atoms with van der Waals surface area (Å²) in [7, 11) is 0. The van der Waals surface area contributed by atoms with Crippen LogP contribution < -0.4 is 0 Å². The summed E-state index contributed by atoms with van der Waals surface area (Å²) in [6.45, 7) is 3.24. The van der Waals surface area contributed by atoms with Crippen LogP contribution in [0, 0.1) is 0 Å². The number of likely N-dealkylation sites (tertiary alicyclic amines) is 1. The van der Waals surface area contributed by atoms with E-state index in [4.69, 9.17) is 4.52 Å². The van der Waals surface area contributed by atoms with Gasteiger partial charge in [-0.2, -0.15) is 4.98 Å². The van der Waals surface area contributed by atoms with E-state index in [2.05, 4.69) is 20.1 Å². The van der Waals surface area contributed by atoms with Crippen LogP contribution in [-0.4, -0.2) is 44.0 Å². The number of nitrogens with zero attached hydrogens (tertiary/aromatic N) is 5. The van der Waals surface area contributed by atoms with Crippen molar-refractivity contribution in [3.8, 4) is 11.5 Å². The molecule has 0 bridgehead atoms. The van der Waals surface area contributed by atoms with E-state index < -0.39 is 0 Å². The van der Waals surface area contributed by atoms with Crippen molar-refractivity contribution in [2.24, 2.45) is 0 Å². The number of aromatic nitrogens is 4. The molecule has 1 fully saturated rings. The highest BCUT2D eigenvalue weighted by atomic mass is 16.5. The zero-order valence-electron chi connectivity index (χ0n) is 14.4. The molecule has 0 aliphatic carbocycles. The van der Waals surface area contributed by atoms with Crippen LogP contribution in [0.5, 0.6) is 0 Å². The van der Waals surface area contributed by atoms with E-state index in [-0.39, 0.29) is 17.7 Å². The molecule has 2 aromatic heterocycles. The van der Waals surface area contributed by atoms with Gasteiger partial charge in [0.1, 0.15) is 5.69 Å². The standard InChI is InChI=1S/C19H19N5O2/c1-2-15(13-6-4-3-5-7-13)19(25)24-11-14(12-24)18-22-17(23-26-18)16-10-20-8-9-21-16/h3-10,14-15H,2,11-12H2,1H3. The quantitative estimate of drug-likeness (QED) is 0.704. The largest absolute Gasteiger partial charge is 0.340 e. The van der Waals surface area contributed by atoms with Gasteiger partial charge in [0, 0.05) is 25.5 Å². The number of carbonyl (C=O) groups is 1. The third kappa shape index (κ3) is 3.08. The zero-order chi connectivity index (χ0) is 17.9. The average molecular weight is 349 g/mol. The number of hydrogen-bond donors (Lipinski definition) is 0. The number of rotatable bonds is 5. The second-order valence-corrected chi connectivity index (χ2v) is 6.36. The Labute approximate surface area is 151 Å². The maximum atomic E-state index is 12.8. The molecule has 3 heterocycles. The van der Waals surface area contributed by atoms with E-state index in [1.54, 1.807) is 18.6 Å². The lowest BCUT2D eigenvalue weighted by atomic mass is 9.91. The Bertz CT molecular complexity index is 875. The van der Waals surface area contributed by atoms with Crippen LogP contribution in [0.25, 0.3) is 11.5 Å². The smallest absolute Gasteiger partial charge is 0.233 e. The van der Waals surface area contributed by atoms with Crippen molar-refractivity contribution in [3.63, 3.8) is 0 Å². The Balaban J connectivity index is 1.41. The molecule has 3 aromatic rings. The fourth-order valence-corrected chi connectivity index (χ4v) is 3.19. The SMILES string of the molecule is CCC(C(=O)N1CC(c2nc(-c3cnccn3)no2)C1)c1ccccc1. The number of benzene rings is 1. The van der Waals surface area contributed by atoms with Crippen molar-refractivity contribution in [1.29, 1.82) is 0 Å². The van der Waals surface area contributed by atoms with E-state index in [0.29, 0.717) is 30.5 Å². The molecule has 1 atom stereocenters. The molecule has 132 valence electrons. The van der Waals surface area contributed by atoms with Crippen LogP contribution in [0.4, 0.5) is 0 Å². The van der Waals surface area contributed by atoms with Gasteiger partial charge in [-0.05, 0) is 12.0 Å². The average Bonchev–Trinajstić information content (AvgIpc) is 3.12. The maximum Gasteiger partial charge on any atom is 0.233 e. The van der Waals surface area contributed by atoms with Gasteiger partial charge < -0.3 is 9.42 Å². The Morgan fingerprint density at radius 3 is 2.77 bits per heavy atom. The van der Waals surface area contributed by atoms with Crippen LogP contribution in [0.15, 0.2) is 53.4 Å². The highest BCUT2D eigenvalue weighted by Crippen LogP contribution is 2.31. The monoisotopic (exact) mass is 349 g/mol. The Morgan fingerprint density at radius 1 is 1.27 bits per heavy atom. The van der Waals surface area contributed by atoms with Gasteiger partial charge in [0.2, 0.25) is 17.6 Å². The first-order valence-electron chi connectivity index (χ1n) is 8.70. The lowest BCUT2D eigenvalue weighted by Gasteiger charge is -2.39. The van der Waals surface area contributed by atoms with Gasteiger partial charge in [0.05, 0.1) is 18.0 Å². The van der Waals surface area contributed by atoms with E-state index in [9.17, 15) is 4.79 Å². The molecule has 7 heteroatoms. The molecular weight excluding hydrogens is 330 g/mol. The molecule has 4 rings (SSSR count). The molecule has 0 radical (unpaired) electrons. The minimum absolute atomic E-state index is 0.0742. The first-order valence-corrected chi connectivity index (χ1v) is 8.70. The van der Waals surface area contributed by atoms with Gasteiger partial charge in [-0.3, -0.25) is 9.78 Å². The molecule has 1 aliphatic rings. The predicted octanol–water partition coefficient (Wildman–Crippen LogP) is 2.65. The first kappa shape index (κ1) is 16.4. The molecule has 0 saturated carbocycles. The van der Waals surface area contributed by atoms with Crippen molar-refractivity contribution in [3.05, 3.63) is 60.4 Å². The van der Waals surface area contributed by atoms with Gasteiger partial charge in [-0.15, -0.1) is 0 Å². The molecule has 26 heavy (non-hydrogen) atoms. The fourth-order valence-electron chi connectivity index (χ4n) is 3.19. The summed E-state index contributed by atoms with van der Waals surface area (Å²) in [4.78, 5) is 27.2. The minimum Gasteiger partial charge on any atom is -0.340 e. The summed E-state index contributed by atoms with van der Waals surface area (Å²) in [5.74, 6) is 1.10. The lowest BCUT2D eigenvalue weighted by molar-refractivity contribution is -0.137. The van der Waals surface area contributed by atoms with Crippen molar-refractivity contribution >= 4 is 5.91 Å². The predicted molar refractivity (Wildman–Crippen MR) is 94.1 cm³/mol. The molecule has 0 spiro atoms.